The molecule has 158 valence electrons. The smallest absolute Gasteiger partial charge is 0.227 e. The van der Waals surface area contributed by atoms with E-state index in [0.29, 0.717) is 16.7 Å². The second kappa shape index (κ2) is 8.57. The van der Waals surface area contributed by atoms with Gasteiger partial charge < -0.3 is 20.1 Å². The van der Waals surface area contributed by atoms with Gasteiger partial charge in [0.15, 0.2) is 5.82 Å². The maximum atomic E-state index is 14.5. The monoisotopic (exact) mass is 429 g/mol. The molecule has 1 fully saturated rings. The van der Waals surface area contributed by atoms with E-state index in [4.69, 9.17) is 11.6 Å². The van der Waals surface area contributed by atoms with E-state index in [1.165, 1.54) is 6.20 Å². The number of nitrogens with zero attached hydrogens (tertiary/aromatic N) is 5. The molecule has 1 saturated heterocycles. The molecule has 0 radical (unpaired) electrons. The molecule has 3 heterocycles. The summed E-state index contributed by atoms with van der Waals surface area (Å²) < 4.78 is 16.5. The van der Waals surface area contributed by atoms with Crippen molar-refractivity contribution in [3.05, 3.63) is 47.3 Å². The van der Waals surface area contributed by atoms with Crippen LogP contribution in [-0.4, -0.2) is 45.7 Å². The average molecular weight is 430 g/mol. The quantitative estimate of drug-likeness (QED) is 0.634. The number of halogens is 2. The van der Waals surface area contributed by atoms with Gasteiger partial charge in [0.2, 0.25) is 5.95 Å². The predicted octanol–water partition coefficient (Wildman–Crippen LogP) is 4.18. The van der Waals surface area contributed by atoms with Gasteiger partial charge in [0.05, 0.1) is 28.8 Å². The maximum Gasteiger partial charge on any atom is 0.227 e. The van der Waals surface area contributed by atoms with Gasteiger partial charge in [-0.2, -0.15) is 0 Å². The number of nitrogens with one attached hydrogen (secondary N) is 2. The summed E-state index contributed by atoms with van der Waals surface area (Å²) in [5, 5.41) is 7.12. The van der Waals surface area contributed by atoms with Crippen molar-refractivity contribution in [2.45, 2.75) is 26.8 Å². The third-order valence-corrected chi connectivity index (χ3v) is 5.45. The molecule has 30 heavy (non-hydrogen) atoms. The lowest BCUT2D eigenvalue weighted by Gasteiger charge is -2.30. The molecular weight excluding hydrogens is 405 g/mol. The minimum Gasteiger partial charge on any atom is -0.368 e. The second-order valence-electron chi connectivity index (χ2n) is 7.57. The van der Waals surface area contributed by atoms with E-state index in [-0.39, 0.29) is 11.7 Å². The lowest BCUT2D eigenvalue weighted by atomic mass is 10.2. The summed E-state index contributed by atoms with van der Waals surface area (Å²) in [4.78, 5) is 15.1. The first-order valence-electron chi connectivity index (χ1n) is 10.0. The van der Waals surface area contributed by atoms with Crippen molar-refractivity contribution in [1.29, 1.82) is 0 Å². The number of hydrogen-bond donors (Lipinski definition) is 2. The van der Waals surface area contributed by atoms with Crippen LogP contribution in [0.15, 0.2) is 30.6 Å². The van der Waals surface area contributed by atoms with Crippen LogP contribution in [0.4, 0.5) is 21.7 Å². The Morgan fingerprint density at radius 1 is 1.17 bits per heavy atom. The molecule has 0 bridgehead atoms. The second-order valence-corrected chi connectivity index (χ2v) is 7.98. The number of hydrogen-bond acceptors (Lipinski definition) is 6. The number of rotatable bonds is 5. The molecule has 0 amide bonds. The molecule has 7 nitrogen and oxygen atoms in total. The van der Waals surface area contributed by atoms with Crippen molar-refractivity contribution in [1.82, 2.24) is 24.8 Å². The van der Waals surface area contributed by atoms with Crippen LogP contribution in [0, 0.1) is 12.7 Å². The number of piperazine rings is 1. The molecule has 0 saturated carbocycles. The summed E-state index contributed by atoms with van der Waals surface area (Å²) in [7, 11) is 0. The molecule has 1 aromatic carbocycles. The van der Waals surface area contributed by atoms with E-state index in [0.717, 1.165) is 43.4 Å². The summed E-state index contributed by atoms with van der Waals surface area (Å²) in [6.07, 6.45) is 2.82. The van der Waals surface area contributed by atoms with Crippen molar-refractivity contribution in [2.75, 3.05) is 36.4 Å². The number of aryl methyl sites for hydroxylation is 1. The molecule has 0 unspecified atom stereocenters. The van der Waals surface area contributed by atoms with Crippen LogP contribution in [0.25, 0.3) is 11.4 Å². The van der Waals surface area contributed by atoms with Gasteiger partial charge in [-0.3, -0.25) is 0 Å². The summed E-state index contributed by atoms with van der Waals surface area (Å²) in [5.41, 5.74) is 2.58. The minimum atomic E-state index is -0.491. The highest BCUT2D eigenvalue weighted by atomic mass is 35.5. The molecule has 2 aromatic heterocycles. The van der Waals surface area contributed by atoms with Gasteiger partial charge in [-0.25, -0.2) is 19.3 Å². The molecule has 3 aromatic rings. The van der Waals surface area contributed by atoms with Gasteiger partial charge in [0, 0.05) is 37.9 Å². The first kappa shape index (κ1) is 20.6. The highest BCUT2D eigenvalue weighted by molar-refractivity contribution is 6.33. The van der Waals surface area contributed by atoms with Gasteiger partial charge in [-0.05, 0) is 39.0 Å². The van der Waals surface area contributed by atoms with Crippen LogP contribution in [0.3, 0.4) is 0 Å². The standard InChI is InChI=1S/C21H25ClFN7/c1-13(2)30-14(3)25-12-19(30)20-17(23)11-26-21(28-20)27-15-4-5-18(16(22)10-15)29-8-6-24-7-9-29/h4-5,10-13,24H,6-9H2,1-3H3,(H,26,27,28). The Labute approximate surface area is 180 Å². The zero-order valence-electron chi connectivity index (χ0n) is 17.3. The molecule has 9 heteroatoms. The average Bonchev–Trinajstić information content (AvgIpc) is 3.12. The summed E-state index contributed by atoms with van der Waals surface area (Å²) in [5.74, 6) is 0.615. The number of anilines is 3. The topological polar surface area (TPSA) is 70.9 Å². The van der Waals surface area contributed by atoms with Gasteiger partial charge in [0.25, 0.3) is 0 Å². The Balaban J connectivity index is 1.60. The van der Waals surface area contributed by atoms with E-state index in [1.807, 2.05) is 43.5 Å². The van der Waals surface area contributed by atoms with Crippen LogP contribution in [0.2, 0.25) is 5.02 Å². The molecule has 2 N–H and O–H groups in total. The van der Waals surface area contributed by atoms with Crippen LogP contribution < -0.4 is 15.5 Å². The first-order valence-corrected chi connectivity index (χ1v) is 10.4. The zero-order valence-corrected chi connectivity index (χ0v) is 18.0. The third-order valence-electron chi connectivity index (χ3n) is 5.15. The molecule has 1 aliphatic rings. The van der Waals surface area contributed by atoms with Crippen molar-refractivity contribution in [2.24, 2.45) is 0 Å². The molecular formula is C21H25ClFN7. The largest absolute Gasteiger partial charge is 0.368 e. The van der Waals surface area contributed by atoms with Gasteiger partial charge in [-0.1, -0.05) is 11.6 Å². The molecule has 0 atom stereocenters. The van der Waals surface area contributed by atoms with E-state index in [1.54, 1.807) is 6.20 Å². The van der Waals surface area contributed by atoms with Crippen LogP contribution in [0.1, 0.15) is 25.7 Å². The highest BCUT2D eigenvalue weighted by Crippen LogP contribution is 2.31. The summed E-state index contributed by atoms with van der Waals surface area (Å²) >= 11 is 6.53. The Kier molecular flexibility index (Phi) is 5.87. The SMILES string of the molecule is Cc1ncc(-c2nc(Nc3ccc(N4CCNCC4)c(Cl)c3)ncc2F)n1C(C)C. The van der Waals surface area contributed by atoms with E-state index >= 15 is 0 Å². The molecule has 0 spiro atoms. The Bertz CT molecular complexity index is 1040. The first-order chi connectivity index (χ1) is 14.4. The number of benzene rings is 1. The Morgan fingerprint density at radius 2 is 1.93 bits per heavy atom. The molecule has 1 aliphatic heterocycles. The van der Waals surface area contributed by atoms with Crippen LogP contribution >= 0.6 is 11.6 Å². The van der Waals surface area contributed by atoms with Crippen molar-refractivity contribution in [3.8, 4) is 11.4 Å². The zero-order chi connectivity index (χ0) is 21.3. The lowest BCUT2D eigenvalue weighted by molar-refractivity contribution is 0.578. The van der Waals surface area contributed by atoms with Crippen LogP contribution in [-0.2, 0) is 0 Å². The summed E-state index contributed by atoms with van der Waals surface area (Å²) in [6, 6.07) is 5.88. The van der Waals surface area contributed by atoms with Gasteiger partial charge in [-0.15, -0.1) is 0 Å². The van der Waals surface area contributed by atoms with E-state index in [2.05, 4.69) is 30.5 Å². The normalized spacial score (nSPS) is 14.4. The van der Waals surface area contributed by atoms with Crippen LogP contribution in [0.5, 0.6) is 0 Å². The maximum absolute atomic E-state index is 14.5. The van der Waals surface area contributed by atoms with Crippen molar-refractivity contribution < 1.29 is 4.39 Å². The minimum absolute atomic E-state index is 0.129. The number of aromatic nitrogens is 4. The van der Waals surface area contributed by atoms with Gasteiger partial charge >= 0.3 is 0 Å². The fourth-order valence-corrected chi connectivity index (χ4v) is 4.06. The third kappa shape index (κ3) is 4.11. The lowest BCUT2D eigenvalue weighted by Crippen LogP contribution is -2.43. The Morgan fingerprint density at radius 3 is 2.63 bits per heavy atom. The van der Waals surface area contributed by atoms with Gasteiger partial charge in [0.1, 0.15) is 11.5 Å². The number of imidazole rings is 1. The predicted molar refractivity (Wildman–Crippen MR) is 118 cm³/mol. The fourth-order valence-electron chi connectivity index (χ4n) is 3.76. The van der Waals surface area contributed by atoms with E-state index in [9.17, 15) is 4.39 Å². The molecule has 4 rings (SSSR count). The fraction of sp³-hybridized carbons (Fsp3) is 0.381. The molecule has 0 aliphatic carbocycles. The Hall–Kier alpha value is -2.71. The van der Waals surface area contributed by atoms with Crippen molar-refractivity contribution in [3.63, 3.8) is 0 Å². The van der Waals surface area contributed by atoms with E-state index < -0.39 is 5.82 Å². The highest BCUT2D eigenvalue weighted by Gasteiger charge is 2.18. The van der Waals surface area contributed by atoms with Crippen molar-refractivity contribution >= 4 is 28.9 Å². The summed E-state index contributed by atoms with van der Waals surface area (Å²) in [6.45, 7) is 9.66.